The third-order valence-electron chi connectivity index (χ3n) is 6.05. The van der Waals surface area contributed by atoms with Crippen molar-refractivity contribution in [1.29, 1.82) is 0 Å². The molecule has 30 heavy (non-hydrogen) atoms. The number of aryl methyl sites for hydroxylation is 2. The van der Waals surface area contributed by atoms with Gasteiger partial charge in [0.15, 0.2) is 0 Å². The van der Waals surface area contributed by atoms with E-state index >= 15 is 0 Å². The minimum Gasteiger partial charge on any atom is -0.494 e. The second-order valence-corrected chi connectivity index (χ2v) is 9.42. The summed E-state index contributed by atoms with van der Waals surface area (Å²) >= 11 is 1.55. The van der Waals surface area contributed by atoms with Crippen LogP contribution in [0.3, 0.4) is 0 Å². The Balaban J connectivity index is 1.40. The average Bonchev–Trinajstić information content (AvgIpc) is 3.02. The molecule has 0 unspecified atom stereocenters. The monoisotopic (exact) mass is 427 g/mol. The van der Waals surface area contributed by atoms with Gasteiger partial charge in [0.2, 0.25) is 0 Å². The van der Waals surface area contributed by atoms with Crippen LogP contribution < -0.4 is 10.3 Å². The predicted octanol–water partition coefficient (Wildman–Crippen LogP) is 3.50. The molecule has 1 aromatic carbocycles. The fraction of sp³-hybridized carbons (Fsp3) is 0.478. The molecule has 0 aliphatic carbocycles. The van der Waals surface area contributed by atoms with E-state index in [1.54, 1.807) is 22.2 Å². The summed E-state index contributed by atoms with van der Waals surface area (Å²) in [5, 5.41) is 11.8. The maximum atomic E-state index is 13.0. The first kappa shape index (κ1) is 21.0. The molecule has 0 amide bonds. The summed E-state index contributed by atoms with van der Waals surface area (Å²) in [5.74, 6) is 0.890. The van der Waals surface area contributed by atoms with Crippen molar-refractivity contribution in [1.82, 2.24) is 14.5 Å². The van der Waals surface area contributed by atoms with Crippen LogP contribution in [0.15, 0.2) is 35.4 Å². The van der Waals surface area contributed by atoms with Gasteiger partial charge >= 0.3 is 0 Å². The van der Waals surface area contributed by atoms with Crippen molar-refractivity contribution in [2.45, 2.75) is 52.3 Å². The molecule has 1 fully saturated rings. The number of likely N-dealkylation sites (tertiary alicyclic amines) is 1. The highest BCUT2D eigenvalue weighted by Crippen LogP contribution is 2.28. The number of benzene rings is 1. The van der Waals surface area contributed by atoms with Gasteiger partial charge < -0.3 is 9.84 Å². The lowest BCUT2D eigenvalue weighted by molar-refractivity contribution is -0.0364. The van der Waals surface area contributed by atoms with E-state index < -0.39 is 5.60 Å². The van der Waals surface area contributed by atoms with Crippen molar-refractivity contribution in [2.24, 2.45) is 0 Å². The third-order valence-corrected chi connectivity index (χ3v) is 7.16. The van der Waals surface area contributed by atoms with E-state index in [0.717, 1.165) is 40.7 Å². The van der Waals surface area contributed by atoms with E-state index in [1.807, 2.05) is 32.9 Å². The normalized spacial score (nSPS) is 16.8. The number of piperidine rings is 1. The first-order valence-electron chi connectivity index (χ1n) is 10.5. The Morgan fingerprint density at radius 3 is 2.57 bits per heavy atom. The molecule has 1 saturated heterocycles. The number of ether oxygens (including phenoxy) is 1. The van der Waals surface area contributed by atoms with Crippen LogP contribution in [0, 0.1) is 13.8 Å². The molecule has 0 atom stereocenters. The Kier molecular flexibility index (Phi) is 5.95. The van der Waals surface area contributed by atoms with Crippen LogP contribution in [-0.2, 0) is 13.1 Å². The van der Waals surface area contributed by atoms with Crippen LogP contribution in [0.25, 0.3) is 10.2 Å². The van der Waals surface area contributed by atoms with Gasteiger partial charge in [-0.1, -0.05) is 12.1 Å². The van der Waals surface area contributed by atoms with E-state index in [2.05, 4.69) is 22.0 Å². The largest absolute Gasteiger partial charge is 0.494 e. The van der Waals surface area contributed by atoms with Crippen LogP contribution in [0.4, 0.5) is 0 Å². The van der Waals surface area contributed by atoms with Gasteiger partial charge in [0.1, 0.15) is 10.6 Å². The summed E-state index contributed by atoms with van der Waals surface area (Å²) in [4.78, 5) is 21.7. The molecule has 3 aromatic rings. The summed E-state index contributed by atoms with van der Waals surface area (Å²) < 4.78 is 7.09. The molecule has 2 aromatic heterocycles. The lowest BCUT2D eigenvalue weighted by atomic mass is 9.91. The second-order valence-electron chi connectivity index (χ2n) is 8.22. The van der Waals surface area contributed by atoms with Gasteiger partial charge in [-0.15, -0.1) is 11.3 Å². The van der Waals surface area contributed by atoms with Crippen LogP contribution in [0.5, 0.6) is 5.75 Å². The Bertz CT molecular complexity index is 1080. The van der Waals surface area contributed by atoms with Crippen molar-refractivity contribution >= 4 is 21.6 Å². The van der Waals surface area contributed by atoms with Crippen LogP contribution >= 0.6 is 11.3 Å². The number of hydrogen-bond donors (Lipinski definition) is 1. The molecular formula is C23H29N3O3S. The fourth-order valence-electron chi connectivity index (χ4n) is 4.10. The Morgan fingerprint density at radius 1 is 1.20 bits per heavy atom. The van der Waals surface area contributed by atoms with Gasteiger partial charge in [0.25, 0.3) is 5.56 Å². The van der Waals surface area contributed by atoms with Crippen LogP contribution in [0.2, 0.25) is 0 Å². The highest BCUT2D eigenvalue weighted by molar-refractivity contribution is 7.18. The summed E-state index contributed by atoms with van der Waals surface area (Å²) in [6, 6.07) is 8.19. The number of thiophene rings is 1. The molecule has 1 N–H and O–H groups in total. The highest BCUT2D eigenvalue weighted by atomic mass is 32.1. The number of hydrogen-bond acceptors (Lipinski definition) is 6. The van der Waals surface area contributed by atoms with Gasteiger partial charge in [-0.05, 0) is 56.9 Å². The molecule has 3 heterocycles. The van der Waals surface area contributed by atoms with E-state index in [4.69, 9.17) is 4.74 Å². The molecular weight excluding hydrogens is 398 g/mol. The summed E-state index contributed by atoms with van der Waals surface area (Å²) in [7, 11) is 0. The first-order chi connectivity index (χ1) is 14.4. The van der Waals surface area contributed by atoms with Gasteiger partial charge in [0, 0.05) is 24.5 Å². The topological polar surface area (TPSA) is 67.6 Å². The van der Waals surface area contributed by atoms with Crippen molar-refractivity contribution in [2.75, 3.05) is 19.7 Å². The molecule has 1 aliphatic rings. The second kappa shape index (κ2) is 8.49. The minimum atomic E-state index is -0.881. The number of aliphatic hydroxyl groups is 1. The lowest BCUT2D eigenvalue weighted by Crippen LogP contribution is -2.47. The van der Waals surface area contributed by atoms with Crippen molar-refractivity contribution in [3.63, 3.8) is 0 Å². The molecule has 6 nitrogen and oxygen atoms in total. The SMILES string of the molecule is CCOc1ccc(CN2CCC(O)(Cn3cnc4sc(C)c(C)c4c3=O)CC2)cc1. The van der Waals surface area contributed by atoms with Crippen molar-refractivity contribution in [3.05, 3.63) is 57.0 Å². The molecule has 1 aliphatic heterocycles. The Morgan fingerprint density at radius 2 is 1.90 bits per heavy atom. The van der Waals surface area contributed by atoms with Crippen LogP contribution in [-0.4, -0.2) is 44.9 Å². The zero-order valence-corrected chi connectivity index (χ0v) is 18.7. The molecule has 4 rings (SSSR count). The highest BCUT2D eigenvalue weighted by Gasteiger charge is 2.33. The summed E-state index contributed by atoms with van der Waals surface area (Å²) in [6.45, 7) is 9.36. The fourth-order valence-corrected chi connectivity index (χ4v) is 5.09. The predicted molar refractivity (Wildman–Crippen MR) is 120 cm³/mol. The van der Waals surface area contributed by atoms with Gasteiger partial charge in [-0.2, -0.15) is 0 Å². The molecule has 0 spiro atoms. The van der Waals surface area contributed by atoms with Gasteiger partial charge in [-0.25, -0.2) is 4.98 Å². The number of aromatic nitrogens is 2. The zero-order valence-electron chi connectivity index (χ0n) is 17.9. The van der Waals surface area contributed by atoms with Crippen LogP contribution in [0.1, 0.15) is 35.8 Å². The average molecular weight is 428 g/mol. The van der Waals surface area contributed by atoms with E-state index in [-0.39, 0.29) is 5.56 Å². The lowest BCUT2D eigenvalue weighted by Gasteiger charge is -2.38. The van der Waals surface area contributed by atoms with Crippen molar-refractivity contribution < 1.29 is 9.84 Å². The molecule has 0 radical (unpaired) electrons. The van der Waals surface area contributed by atoms with E-state index in [0.29, 0.717) is 31.4 Å². The summed E-state index contributed by atoms with van der Waals surface area (Å²) in [6.07, 6.45) is 2.86. The van der Waals surface area contributed by atoms with E-state index in [1.165, 1.54) is 5.56 Å². The van der Waals surface area contributed by atoms with Gasteiger partial charge in [0.05, 0.1) is 30.5 Å². The molecule has 7 heteroatoms. The number of rotatable bonds is 6. The molecule has 0 bridgehead atoms. The van der Waals surface area contributed by atoms with Gasteiger partial charge in [-0.3, -0.25) is 14.3 Å². The standard InChI is InChI=1S/C23H29N3O3S/c1-4-29-19-7-5-18(6-8-19)13-25-11-9-23(28,10-12-25)14-26-15-24-21-20(22(26)27)16(2)17(3)30-21/h5-8,15,28H,4,9-14H2,1-3H3. The van der Waals surface area contributed by atoms with E-state index in [9.17, 15) is 9.90 Å². The Hall–Kier alpha value is -2.22. The number of nitrogens with zero attached hydrogens (tertiary/aromatic N) is 3. The zero-order chi connectivity index (χ0) is 21.3. The quantitative estimate of drug-likeness (QED) is 0.652. The summed E-state index contributed by atoms with van der Waals surface area (Å²) in [5.41, 5.74) is 1.30. The Labute approximate surface area is 180 Å². The maximum absolute atomic E-state index is 13.0. The smallest absolute Gasteiger partial charge is 0.262 e. The first-order valence-corrected chi connectivity index (χ1v) is 11.3. The minimum absolute atomic E-state index is 0.0490. The van der Waals surface area contributed by atoms with Crippen molar-refractivity contribution in [3.8, 4) is 5.75 Å². The molecule has 0 saturated carbocycles. The molecule has 160 valence electrons. The number of fused-ring (bicyclic) bond motifs is 1. The maximum Gasteiger partial charge on any atom is 0.262 e. The third kappa shape index (κ3) is 4.29.